The second kappa shape index (κ2) is 8.43. The number of thiocarbonyl (C=S) groups is 1. The van der Waals surface area contributed by atoms with Crippen molar-refractivity contribution in [2.24, 2.45) is 16.8 Å². The second-order valence-electron chi connectivity index (χ2n) is 7.89. The molecular weight excluding hydrogens is 418 g/mol. The lowest BCUT2D eigenvalue weighted by Crippen LogP contribution is -2.44. The highest BCUT2D eigenvalue weighted by Crippen LogP contribution is 2.47. The number of aryl methyl sites for hydroxylation is 1. The van der Waals surface area contributed by atoms with Gasteiger partial charge in [-0.25, -0.2) is 5.01 Å². The molecule has 3 N–H and O–H groups in total. The molecule has 0 spiro atoms. The molecule has 1 aliphatic heterocycles. The molecule has 2 atom stereocenters. The number of nitrogens with one attached hydrogen (secondary N) is 1. The number of hydrogen-bond donors (Lipinski definition) is 2. The number of benzene rings is 3. The van der Waals surface area contributed by atoms with Gasteiger partial charge in [-0.15, -0.1) is 0 Å². The van der Waals surface area contributed by atoms with Gasteiger partial charge in [0.15, 0.2) is 5.11 Å². The molecule has 1 saturated heterocycles. The third-order valence-corrected chi connectivity index (χ3v) is 6.12. The molecule has 160 valence electrons. The van der Waals surface area contributed by atoms with Crippen LogP contribution < -0.4 is 16.2 Å². The van der Waals surface area contributed by atoms with Gasteiger partial charge in [0.1, 0.15) is 5.71 Å². The minimum atomic E-state index is -0.181. The van der Waals surface area contributed by atoms with Crippen LogP contribution in [0, 0.1) is 5.92 Å². The maximum absolute atomic E-state index is 13.9. The summed E-state index contributed by atoms with van der Waals surface area (Å²) in [4.78, 5) is 13.9. The molecule has 0 bridgehead atoms. The molecule has 32 heavy (non-hydrogen) atoms. The monoisotopic (exact) mass is 441 g/mol. The first-order valence-corrected chi connectivity index (χ1v) is 11.0. The Balaban J connectivity index is 1.70. The van der Waals surface area contributed by atoms with Crippen molar-refractivity contribution in [3.8, 4) is 0 Å². The molecule has 3 aromatic carbocycles. The third kappa shape index (κ3) is 3.50. The molecular formula is C25H23N5OS. The highest BCUT2D eigenvalue weighted by Gasteiger charge is 2.51. The number of para-hydroxylation sites is 2. The topological polar surface area (TPSA) is 74.0 Å². The van der Waals surface area contributed by atoms with Crippen LogP contribution in [0.1, 0.15) is 23.6 Å². The van der Waals surface area contributed by atoms with E-state index in [4.69, 9.17) is 18.0 Å². The fraction of sp³-hybridized carbons (Fsp3) is 0.160. The van der Waals surface area contributed by atoms with E-state index in [1.54, 1.807) is 0 Å². The summed E-state index contributed by atoms with van der Waals surface area (Å²) >= 11 is 4.94. The molecule has 2 unspecified atom stereocenters. The van der Waals surface area contributed by atoms with Crippen LogP contribution >= 0.6 is 12.2 Å². The Morgan fingerprint density at radius 1 is 0.969 bits per heavy atom. The zero-order valence-corrected chi connectivity index (χ0v) is 18.2. The average molecular weight is 442 g/mol. The van der Waals surface area contributed by atoms with E-state index in [0.717, 1.165) is 29.8 Å². The number of amides is 1. The molecule has 1 aliphatic carbocycles. The van der Waals surface area contributed by atoms with Gasteiger partial charge < -0.3 is 5.73 Å². The SMILES string of the molecule is NC(=S)N/N=C1\C(=O)N(N(c2ccccc2)c2ccccc2)C2c3ccccc3CCC12. The summed E-state index contributed by atoms with van der Waals surface area (Å²) < 4.78 is 0. The summed E-state index contributed by atoms with van der Waals surface area (Å²) in [6.07, 6.45) is 1.71. The van der Waals surface area contributed by atoms with E-state index in [2.05, 4.69) is 28.7 Å². The molecule has 5 rings (SSSR count). The number of anilines is 2. The molecule has 6 nitrogen and oxygen atoms in total. The minimum Gasteiger partial charge on any atom is -0.375 e. The molecule has 2 aliphatic rings. The first kappa shape index (κ1) is 20.2. The Labute approximate surface area is 192 Å². The Hall–Kier alpha value is -3.71. The van der Waals surface area contributed by atoms with Gasteiger partial charge >= 0.3 is 0 Å². The predicted molar refractivity (Wildman–Crippen MR) is 130 cm³/mol. The Bertz CT molecular complexity index is 1140. The van der Waals surface area contributed by atoms with Crippen molar-refractivity contribution in [3.05, 3.63) is 96.1 Å². The number of carbonyl (C=O) groups excluding carboxylic acids is 1. The van der Waals surface area contributed by atoms with Crippen molar-refractivity contribution in [3.63, 3.8) is 0 Å². The fourth-order valence-corrected chi connectivity index (χ4v) is 4.77. The van der Waals surface area contributed by atoms with Crippen molar-refractivity contribution in [2.75, 3.05) is 5.01 Å². The first-order chi connectivity index (χ1) is 15.6. The normalized spacial score (nSPS) is 20.6. The van der Waals surface area contributed by atoms with Gasteiger partial charge in [-0.1, -0.05) is 60.7 Å². The predicted octanol–water partition coefficient (Wildman–Crippen LogP) is 4.07. The van der Waals surface area contributed by atoms with Crippen molar-refractivity contribution < 1.29 is 4.79 Å². The quantitative estimate of drug-likeness (QED) is 0.472. The fourth-order valence-electron chi connectivity index (χ4n) is 4.72. The number of nitrogens with two attached hydrogens (primary N) is 1. The number of fused-ring (bicyclic) bond motifs is 3. The number of hydrazone groups is 1. The standard InChI is InChI=1S/C25H23N5OS/c26-25(32)28-27-22-21-16-15-17-9-7-8-14-20(17)23(21)30(24(22)31)29(18-10-3-1-4-11-18)19-12-5-2-6-13-19/h1-14,21,23H,15-16H2,(H3,26,28,32)/b27-22-. The molecule has 0 radical (unpaired) electrons. The Morgan fingerprint density at radius 3 is 2.19 bits per heavy atom. The van der Waals surface area contributed by atoms with Gasteiger partial charge in [-0.3, -0.25) is 15.2 Å². The maximum Gasteiger partial charge on any atom is 0.289 e. The summed E-state index contributed by atoms with van der Waals surface area (Å²) in [6.45, 7) is 0. The lowest BCUT2D eigenvalue weighted by molar-refractivity contribution is -0.124. The first-order valence-electron chi connectivity index (χ1n) is 10.6. The van der Waals surface area contributed by atoms with Crippen LogP contribution in [0.2, 0.25) is 0 Å². The molecule has 1 heterocycles. The van der Waals surface area contributed by atoms with Crippen LogP contribution in [0.15, 0.2) is 90.0 Å². The Morgan fingerprint density at radius 2 is 1.56 bits per heavy atom. The van der Waals surface area contributed by atoms with Crippen LogP contribution in [0.3, 0.4) is 0 Å². The molecule has 0 saturated carbocycles. The lowest BCUT2D eigenvalue weighted by Gasteiger charge is -2.40. The zero-order valence-electron chi connectivity index (χ0n) is 17.4. The van der Waals surface area contributed by atoms with E-state index in [9.17, 15) is 4.79 Å². The summed E-state index contributed by atoms with van der Waals surface area (Å²) in [6, 6.07) is 28.0. The van der Waals surface area contributed by atoms with Gasteiger partial charge in [0.25, 0.3) is 5.91 Å². The van der Waals surface area contributed by atoms with Crippen molar-refractivity contribution in [1.29, 1.82) is 0 Å². The summed E-state index contributed by atoms with van der Waals surface area (Å²) in [7, 11) is 0. The third-order valence-electron chi connectivity index (χ3n) is 6.02. The van der Waals surface area contributed by atoms with Crippen molar-refractivity contribution in [1.82, 2.24) is 10.4 Å². The van der Waals surface area contributed by atoms with Gasteiger partial charge in [-0.05, 0) is 60.5 Å². The van der Waals surface area contributed by atoms with Crippen molar-refractivity contribution in [2.45, 2.75) is 18.9 Å². The van der Waals surface area contributed by atoms with Gasteiger partial charge in [0.05, 0.1) is 17.4 Å². The molecule has 1 fully saturated rings. The second-order valence-corrected chi connectivity index (χ2v) is 8.33. The van der Waals surface area contributed by atoms with E-state index in [0.29, 0.717) is 5.71 Å². The van der Waals surface area contributed by atoms with Gasteiger partial charge in [0.2, 0.25) is 0 Å². The van der Waals surface area contributed by atoms with E-state index in [1.165, 1.54) is 5.56 Å². The zero-order chi connectivity index (χ0) is 22.1. The summed E-state index contributed by atoms with van der Waals surface area (Å²) in [5, 5.41) is 8.24. The average Bonchev–Trinajstić information content (AvgIpc) is 3.11. The largest absolute Gasteiger partial charge is 0.375 e. The maximum atomic E-state index is 13.9. The molecule has 0 aromatic heterocycles. The minimum absolute atomic E-state index is 0.0412. The van der Waals surface area contributed by atoms with E-state index in [-0.39, 0.29) is 23.0 Å². The number of hydrazine groups is 1. The van der Waals surface area contributed by atoms with Crippen LogP contribution in [0.25, 0.3) is 0 Å². The Kier molecular flexibility index (Phi) is 5.33. The van der Waals surface area contributed by atoms with Gasteiger partial charge in [-0.2, -0.15) is 5.10 Å². The molecule has 1 amide bonds. The number of nitrogens with zero attached hydrogens (tertiary/aromatic N) is 3. The highest BCUT2D eigenvalue weighted by atomic mass is 32.1. The van der Waals surface area contributed by atoms with E-state index < -0.39 is 0 Å². The summed E-state index contributed by atoms with van der Waals surface area (Å²) in [5.74, 6) is -0.234. The number of hydrogen-bond acceptors (Lipinski definition) is 4. The van der Waals surface area contributed by atoms with Crippen molar-refractivity contribution >= 4 is 40.3 Å². The molecule has 7 heteroatoms. The lowest BCUT2D eigenvalue weighted by atomic mass is 9.79. The van der Waals surface area contributed by atoms with Crippen LogP contribution in [0.4, 0.5) is 11.4 Å². The number of rotatable bonds is 4. The highest BCUT2D eigenvalue weighted by molar-refractivity contribution is 7.80. The van der Waals surface area contributed by atoms with Crippen LogP contribution in [-0.4, -0.2) is 21.7 Å². The van der Waals surface area contributed by atoms with Crippen LogP contribution in [0.5, 0.6) is 0 Å². The van der Waals surface area contributed by atoms with E-state index >= 15 is 0 Å². The van der Waals surface area contributed by atoms with Gasteiger partial charge in [0, 0.05) is 5.92 Å². The smallest absolute Gasteiger partial charge is 0.289 e. The molecule has 3 aromatic rings. The van der Waals surface area contributed by atoms with Crippen LogP contribution in [-0.2, 0) is 11.2 Å². The van der Waals surface area contributed by atoms with E-state index in [1.807, 2.05) is 76.7 Å². The summed E-state index contributed by atoms with van der Waals surface area (Å²) in [5.41, 5.74) is 12.9. The number of carbonyl (C=O) groups is 1.